The SMILES string of the molecule is CCCCS(=O)(=O)Nc1ccc(CNC2CC2)cc1. The molecule has 1 saturated carbocycles. The first kappa shape index (κ1) is 14.3. The fourth-order valence-electron chi connectivity index (χ4n) is 1.81. The van der Waals surface area contributed by atoms with E-state index in [4.69, 9.17) is 0 Å². The predicted molar refractivity (Wildman–Crippen MR) is 78.6 cm³/mol. The lowest BCUT2D eigenvalue weighted by Gasteiger charge is -2.08. The summed E-state index contributed by atoms with van der Waals surface area (Å²) in [6.07, 6.45) is 4.12. The molecule has 1 aliphatic carbocycles. The lowest BCUT2D eigenvalue weighted by atomic mass is 10.2. The predicted octanol–water partition coefficient (Wildman–Crippen LogP) is 2.48. The smallest absolute Gasteiger partial charge is 0.232 e. The maximum Gasteiger partial charge on any atom is 0.232 e. The minimum Gasteiger partial charge on any atom is -0.310 e. The van der Waals surface area contributed by atoms with Crippen LogP contribution in [0.25, 0.3) is 0 Å². The third kappa shape index (κ3) is 5.20. The summed E-state index contributed by atoms with van der Waals surface area (Å²) in [5.74, 6) is 0.189. The molecule has 4 nitrogen and oxygen atoms in total. The summed E-state index contributed by atoms with van der Waals surface area (Å²) in [7, 11) is -3.19. The third-order valence-electron chi connectivity index (χ3n) is 3.17. The van der Waals surface area contributed by atoms with Crippen LogP contribution in [0.4, 0.5) is 5.69 Å². The van der Waals surface area contributed by atoms with E-state index in [0.717, 1.165) is 13.0 Å². The maximum absolute atomic E-state index is 11.7. The van der Waals surface area contributed by atoms with Crippen molar-refractivity contribution in [1.82, 2.24) is 5.32 Å². The summed E-state index contributed by atoms with van der Waals surface area (Å²) in [4.78, 5) is 0. The zero-order valence-corrected chi connectivity index (χ0v) is 12.2. The number of sulfonamides is 1. The number of anilines is 1. The highest BCUT2D eigenvalue weighted by Crippen LogP contribution is 2.19. The lowest BCUT2D eigenvalue weighted by Crippen LogP contribution is -2.17. The highest BCUT2D eigenvalue weighted by Gasteiger charge is 2.19. The molecule has 0 saturated heterocycles. The number of rotatable bonds is 8. The number of nitrogens with one attached hydrogen (secondary N) is 2. The van der Waals surface area contributed by atoms with Gasteiger partial charge >= 0.3 is 0 Å². The van der Waals surface area contributed by atoms with Crippen LogP contribution in [0.5, 0.6) is 0 Å². The van der Waals surface area contributed by atoms with E-state index in [1.807, 2.05) is 31.2 Å². The second kappa shape index (κ2) is 6.39. The normalized spacial score (nSPS) is 15.4. The molecule has 5 heteroatoms. The minimum absolute atomic E-state index is 0.189. The van der Waals surface area contributed by atoms with Crippen molar-refractivity contribution < 1.29 is 8.42 Å². The standard InChI is InChI=1S/C14H22N2O2S/c1-2-3-10-19(17,18)16-14-6-4-12(5-7-14)11-15-13-8-9-13/h4-7,13,15-16H,2-3,8-11H2,1H3. The fraction of sp³-hybridized carbons (Fsp3) is 0.571. The van der Waals surface area contributed by atoms with Gasteiger partial charge in [0.25, 0.3) is 0 Å². The van der Waals surface area contributed by atoms with Crippen molar-refractivity contribution in [3.8, 4) is 0 Å². The maximum atomic E-state index is 11.7. The highest BCUT2D eigenvalue weighted by molar-refractivity contribution is 7.92. The van der Waals surface area contributed by atoms with E-state index in [2.05, 4.69) is 10.0 Å². The van der Waals surface area contributed by atoms with Crippen LogP contribution in [0, 0.1) is 0 Å². The van der Waals surface area contributed by atoms with E-state index < -0.39 is 10.0 Å². The monoisotopic (exact) mass is 282 g/mol. The molecule has 2 rings (SSSR count). The second-order valence-electron chi connectivity index (χ2n) is 5.13. The van der Waals surface area contributed by atoms with Gasteiger partial charge in [-0.25, -0.2) is 8.42 Å². The molecule has 0 heterocycles. The molecule has 0 spiro atoms. The van der Waals surface area contributed by atoms with Crippen LogP contribution < -0.4 is 10.0 Å². The Kier molecular flexibility index (Phi) is 4.82. The average Bonchev–Trinajstić information content (AvgIpc) is 3.19. The molecule has 1 aromatic rings. The summed E-state index contributed by atoms with van der Waals surface area (Å²) >= 11 is 0. The van der Waals surface area contributed by atoms with Gasteiger partial charge in [0.2, 0.25) is 10.0 Å². The van der Waals surface area contributed by atoms with Crippen LogP contribution in [0.15, 0.2) is 24.3 Å². The van der Waals surface area contributed by atoms with Gasteiger partial charge in [0.1, 0.15) is 0 Å². The molecule has 0 bridgehead atoms. The second-order valence-corrected chi connectivity index (χ2v) is 6.97. The number of hydrogen-bond donors (Lipinski definition) is 2. The lowest BCUT2D eigenvalue weighted by molar-refractivity contribution is 0.598. The molecule has 19 heavy (non-hydrogen) atoms. The molecule has 1 aliphatic rings. The van der Waals surface area contributed by atoms with Gasteiger partial charge in [-0.15, -0.1) is 0 Å². The number of hydrogen-bond acceptors (Lipinski definition) is 3. The molecule has 0 amide bonds. The van der Waals surface area contributed by atoms with Crippen LogP contribution in [0.2, 0.25) is 0 Å². The third-order valence-corrected chi connectivity index (χ3v) is 4.54. The summed E-state index contributed by atoms with van der Waals surface area (Å²) in [6, 6.07) is 8.27. The molecular formula is C14H22N2O2S. The van der Waals surface area contributed by atoms with Crippen molar-refractivity contribution in [3.63, 3.8) is 0 Å². The van der Waals surface area contributed by atoms with E-state index in [1.54, 1.807) is 0 Å². The first-order chi connectivity index (χ1) is 9.09. The number of benzene rings is 1. The Morgan fingerprint density at radius 1 is 1.21 bits per heavy atom. The van der Waals surface area contributed by atoms with Crippen LogP contribution in [0.1, 0.15) is 38.2 Å². The first-order valence-electron chi connectivity index (χ1n) is 6.92. The summed E-state index contributed by atoms with van der Waals surface area (Å²) in [5, 5.41) is 3.43. The topological polar surface area (TPSA) is 58.2 Å². The molecule has 1 aromatic carbocycles. The van der Waals surface area contributed by atoms with Gasteiger partial charge < -0.3 is 5.32 Å². The summed E-state index contributed by atoms with van der Waals surface area (Å²) < 4.78 is 26.1. The van der Waals surface area contributed by atoms with Gasteiger partial charge in [0, 0.05) is 18.3 Å². The van der Waals surface area contributed by atoms with Crippen molar-refractivity contribution in [2.75, 3.05) is 10.5 Å². The largest absolute Gasteiger partial charge is 0.310 e. The van der Waals surface area contributed by atoms with Crippen molar-refractivity contribution in [1.29, 1.82) is 0 Å². The zero-order valence-electron chi connectivity index (χ0n) is 11.4. The minimum atomic E-state index is -3.19. The van der Waals surface area contributed by atoms with Gasteiger partial charge in [-0.05, 0) is 37.0 Å². The van der Waals surface area contributed by atoms with Crippen LogP contribution in [-0.4, -0.2) is 20.2 Å². The average molecular weight is 282 g/mol. The van der Waals surface area contributed by atoms with Gasteiger partial charge in [-0.1, -0.05) is 25.5 Å². The van der Waals surface area contributed by atoms with Crippen molar-refractivity contribution in [2.45, 2.75) is 45.2 Å². The van der Waals surface area contributed by atoms with Gasteiger partial charge in [-0.2, -0.15) is 0 Å². The Labute approximate surface area is 115 Å². The molecule has 1 fully saturated rings. The fourth-order valence-corrected chi connectivity index (χ4v) is 3.07. The van der Waals surface area contributed by atoms with Crippen LogP contribution >= 0.6 is 0 Å². The van der Waals surface area contributed by atoms with Crippen LogP contribution in [0.3, 0.4) is 0 Å². The Hall–Kier alpha value is -1.07. The quantitative estimate of drug-likeness (QED) is 0.770. The molecular weight excluding hydrogens is 260 g/mol. The molecule has 0 radical (unpaired) electrons. The van der Waals surface area contributed by atoms with Gasteiger partial charge in [-0.3, -0.25) is 4.72 Å². The van der Waals surface area contributed by atoms with E-state index in [9.17, 15) is 8.42 Å². The van der Waals surface area contributed by atoms with Crippen LogP contribution in [-0.2, 0) is 16.6 Å². The Morgan fingerprint density at radius 3 is 2.47 bits per heavy atom. The molecule has 0 atom stereocenters. The zero-order chi connectivity index (χ0) is 13.7. The highest BCUT2D eigenvalue weighted by atomic mass is 32.2. The summed E-state index contributed by atoms with van der Waals surface area (Å²) in [6.45, 7) is 2.84. The van der Waals surface area contributed by atoms with E-state index in [1.165, 1.54) is 18.4 Å². The van der Waals surface area contributed by atoms with Gasteiger partial charge in [0.05, 0.1) is 5.75 Å². The van der Waals surface area contributed by atoms with Crippen molar-refractivity contribution >= 4 is 15.7 Å². The molecule has 0 aliphatic heterocycles. The molecule has 0 unspecified atom stereocenters. The molecule has 106 valence electrons. The van der Waals surface area contributed by atoms with Gasteiger partial charge in [0.15, 0.2) is 0 Å². The first-order valence-corrected chi connectivity index (χ1v) is 8.57. The van der Waals surface area contributed by atoms with E-state index in [-0.39, 0.29) is 5.75 Å². The van der Waals surface area contributed by atoms with E-state index >= 15 is 0 Å². The Morgan fingerprint density at radius 2 is 1.89 bits per heavy atom. The van der Waals surface area contributed by atoms with E-state index in [0.29, 0.717) is 18.2 Å². The molecule has 0 aromatic heterocycles. The van der Waals surface area contributed by atoms with Crippen molar-refractivity contribution in [3.05, 3.63) is 29.8 Å². The Balaban J connectivity index is 1.86. The summed E-state index contributed by atoms with van der Waals surface area (Å²) in [5.41, 5.74) is 1.83. The number of unbranched alkanes of at least 4 members (excludes halogenated alkanes) is 1. The molecule has 2 N–H and O–H groups in total. The Bertz CT molecular complexity index is 493. The van der Waals surface area contributed by atoms with Crippen molar-refractivity contribution in [2.24, 2.45) is 0 Å².